The first-order chi connectivity index (χ1) is 22.8. The van der Waals surface area contributed by atoms with Gasteiger partial charge in [0.2, 0.25) is 5.90 Å². The quantitative estimate of drug-likeness (QED) is 0.0445. The Balaban J connectivity index is 1.55. The van der Waals surface area contributed by atoms with Crippen LogP contribution in [0.5, 0.6) is 5.75 Å². The SMILES string of the molecule is [N-]=[N+]=NCc1ccccc1C[C@]1(C(=O)NNCc2cc(F)cc(F)c2)N=C(c2ccc(OCCCO)cc2)O[C@H]1c1ccc(Br)cc1. The monoisotopic (exact) mass is 704 g/mol. The van der Waals surface area contributed by atoms with Crippen LogP contribution in [0, 0.1) is 11.6 Å². The fourth-order valence-electron chi connectivity index (χ4n) is 5.25. The molecule has 1 heterocycles. The Morgan fingerprint density at radius 3 is 2.43 bits per heavy atom. The van der Waals surface area contributed by atoms with E-state index in [1.165, 1.54) is 12.1 Å². The van der Waals surface area contributed by atoms with Crippen LogP contribution in [0.4, 0.5) is 8.78 Å². The molecule has 1 aliphatic heterocycles. The van der Waals surface area contributed by atoms with Crippen molar-refractivity contribution in [2.24, 2.45) is 10.1 Å². The van der Waals surface area contributed by atoms with Gasteiger partial charge in [-0.1, -0.05) is 57.4 Å². The van der Waals surface area contributed by atoms with Crippen molar-refractivity contribution in [3.05, 3.63) is 145 Å². The minimum Gasteiger partial charge on any atom is -0.494 e. The van der Waals surface area contributed by atoms with Crippen molar-refractivity contribution in [3.63, 3.8) is 0 Å². The van der Waals surface area contributed by atoms with Crippen molar-refractivity contribution in [3.8, 4) is 5.75 Å². The number of ether oxygens (including phenoxy) is 2. The predicted octanol–water partition coefficient (Wildman–Crippen LogP) is 6.62. The Bertz CT molecular complexity index is 1760. The fraction of sp³-hybridized carbons (Fsp3) is 0.235. The number of amides is 1. The zero-order valence-corrected chi connectivity index (χ0v) is 26.7. The normalized spacial score (nSPS) is 16.9. The number of benzene rings is 4. The van der Waals surface area contributed by atoms with Gasteiger partial charge in [-0.15, -0.1) is 0 Å². The van der Waals surface area contributed by atoms with Gasteiger partial charge in [0.15, 0.2) is 11.6 Å². The molecule has 0 aromatic heterocycles. The fourth-order valence-corrected chi connectivity index (χ4v) is 5.51. The molecule has 0 radical (unpaired) electrons. The Hall–Kier alpha value is -4.81. The van der Waals surface area contributed by atoms with Gasteiger partial charge < -0.3 is 14.6 Å². The highest BCUT2D eigenvalue weighted by atomic mass is 79.9. The number of carbonyl (C=O) groups excluding carboxylic acids is 1. The van der Waals surface area contributed by atoms with E-state index >= 15 is 0 Å². The van der Waals surface area contributed by atoms with Gasteiger partial charge >= 0.3 is 0 Å². The maximum atomic E-state index is 14.4. The minimum atomic E-state index is -1.59. The topological polar surface area (TPSA) is 141 Å². The molecule has 4 aromatic carbocycles. The molecule has 13 heteroatoms. The van der Waals surface area contributed by atoms with Crippen LogP contribution in [0.25, 0.3) is 10.4 Å². The summed E-state index contributed by atoms with van der Waals surface area (Å²) in [5.74, 6) is -1.21. The molecule has 0 saturated heterocycles. The highest BCUT2D eigenvalue weighted by Crippen LogP contribution is 2.43. The lowest BCUT2D eigenvalue weighted by Gasteiger charge is -2.31. The molecule has 0 saturated carbocycles. The standard InChI is InChI=1S/C34H31BrF2N6O4/c35-27-10-6-23(7-11-27)31-34(19-25-4-1-2-5-26(25)21-40-43-38,33(45)42-39-20-22-16-28(36)18-29(37)17-22)41-32(47-31)24-8-12-30(13-9-24)46-15-3-14-44/h1-2,4-13,16-18,31,39,44H,3,14-15,19-21H2,(H,42,45)/t31-,34-/m0/s1. The third kappa shape index (κ3) is 8.32. The molecular formula is C34H31BrF2N6O4. The third-order valence-electron chi connectivity index (χ3n) is 7.50. The Labute approximate surface area is 278 Å². The summed E-state index contributed by atoms with van der Waals surface area (Å²) >= 11 is 3.47. The van der Waals surface area contributed by atoms with Gasteiger partial charge in [-0.2, -0.15) is 0 Å². The lowest BCUT2D eigenvalue weighted by atomic mass is 9.81. The molecule has 0 bridgehead atoms. The van der Waals surface area contributed by atoms with Gasteiger partial charge in [-0.25, -0.2) is 19.2 Å². The molecule has 1 aliphatic rings. The number of hydrogen-bond donors (Lipinski definition) is 3. The number of nitrogens with zero attached hydrogens (tertiary/aromatic N) is 4. The van der Waals surface area contributed by atoms with Crippen molar-refractivity contribution >= 4 is 27.7 Å². The molecule has 4 aromatic rings. The highest BCUT2D eigenvalue weighted by Gasteiger charge is 2.53. The van der Waals surface area contributed by atoms with Crippen LogP contribution in [0.1, 0.15) is 40.3 Å². The first kappa shape index (κ1) is 33.6. The van der Waals surface area contributed by atoms with E-state index in [1.54, 1.807) is 24.3 Å². The lowest BCUT2D eigenvalue weighted by Crippen LogP contribution is -2.53. The smallest absolute Gasteiger partial charge is 0.266 e. The van der Waals surface area contributed by atoms with Crippen LogP contribution >= 0.6 is 15.9 Å². The Morgan fingerprint density at radius 2 is 1.74 bits per heavy atom. The summed E-state index contributed by atoms with van der Waals surface area (Å²) in [6, 6.07) is 24.8. The number of aliphatic hydroxyl groups excluding tert-OH is 1. The molecular weight excluding hydrogens is 674 g/mol. The first-order valence-corrected chi connectivity index (χ1v) is 15.5. The Morgan fingerprint density at radius 1 is 1.04 bits per heavy atom. The molecule has 0 unspecified atom stereocenters. The van der Waals surface area contributed by atoms with E-state index in [9.17, 15) is 13.6 Å². The maximum Gasteiger partial charge on any atom is 0.266 e. The van der Waals surface area contributed by atoms with E-state index in [-0.39, 0.29) is 37.6 Å². The molecule has 3 N–H and O–H groups in total. The van der Waals surface area contributed by atoms with Crippen LogP contribution in [0.2, 0.25) is 0 Å². The van der Waals surface area contributed by atoms with Gasteiger partial charge in [0, 0.05) is 47.0 Å². The summed E-state index contributed by atoms with van der Waals surface area (Å²) < 4.78 is 40.7. The maximum absolute atomic E-state index is 14.4. The van der Waals surface area contributed by atoms with Gasteiger partial charge in [-0.3, -0.25) is 10.2 Å². The Kier molecular flexibility index (Phi) is 11.2. The van der Waals surface area contributed by atoms with Crippen molar-refractivity contribution in [2.75, 3.05) is 13.2 Å². The van der Waals surface area contributed by atoms with Crippen LogP contribution in [0.15, 0.2) is 106 Å². The zero-order chi connectivity index (χ0) is 33.2. The minimum absolute atomic E-state index is 0.0181. The van der Waals surface area contributed by atoms with Crippen LogP contribution in [-0.2, 0) is 29.0 Å². The van der Waals surface area contributed by atoms with E-state index in [1.807, 2.05) is 48.5 Å². The first-order valence-electron chi connectivity index (χ1n) is 14.7. The summed E-state index contributed by atoms with van der Waals surface area (Å²) in [5, 5.41) is 12.8. The third-order valence-corrected chi connectivity index (χ3v) is 8.03. The van der Waals surface area contributed by atoms with Gasteiger partial charge in [0.25, 0.3) is 5.91 Å². The van der Waals surface area contributed by atoms with Crippen molar-refractivity contribution in [1.82, 2.24) is 10.9 Å². The van der Waals surface area contributed by atoms with E-state index in [0.29, 0.717) is 41.0 Å². The van der Waals surface area contributed by atoms with Crippen molar-refractivity contribution < 1.29 is 28.2 Å². The van der Waals surface area contributed by atoms with E-state index in [4.69, 9.17) is 25.1 Å². The molecule has 0 fully saturated rings. The second kappa shape index (κ2) is 15.7. The summed E-state index contributed by atoms with van der Waals surface area (Å²) in [6.07, 6.45) is -0.362. The second-order valence-corrected chi connectivity index (χ2v) is 11.7. The average Bonchev–Trinajstić information content (AvgIpc) is 3.45. The summed E-state index contributed by atoms with van der Waals surface area (Å²) in [5.41, 5.74) is 15.9. The van der Waals surface area contributed by atoms with Crippen LogP contribution in [-0.4, -0.2) is 35.7 Å². The van der Waals surface area contributed by atoms with E-state index in [0.717, 1.165) is 10.5 Å². The predicted molar refractivity (Wildman–Crippen MR) is 175 cm³/mol. The van der Waals surface area contributed by atoms with Gasteiger partial charge in [0.1, 0.15) is 17.4 Å². The number of hydrogen-bond acceptors (Lipinski definition) is 7. The molecule has 2 atom stereocenters. The molecule has 5 rings (SSSR count). The van der Waals surface area contributed by atoms with Gasteiger partial charge in [-0.05, 0) is 76.3 Å². The molecule has 47 heavy (non-hydrogen) atoms. The molecule has 10 nitrogen and oxygen atoms in total. The van der Waals surface area contributed by atoms with E-state index in [2.05, 4.69) is 36.8 Å². The van der Waals surface area contributed by atoms with Crippen molar-refractivity contribution in [1.29, 1.82) is 0 Å². The molecule has 242 valence electrons. The summed E-state index contributed by atoms with van der Waals surface area (Å²) in [7, 11) is 0. The molecule has 0 aliphatic carbocycles. The molecule has 1 amide bonds. The number of nitrogens with one attached hydrogen (secondary N) is 2. The number of rotatable bonds is 14. The highest BCUT2D eigenvalue weighted by molar-refractivity contribution is 9.10. The van der Waals surface area contributed by atoms with Gasteiger partial charge in [0.05, 0.1) is 13.2 Å². The number of halogens is 3. The second-order valence-electron chi connectivity index (χ2n) is 10.8. The summed E-state index contributed by atoms with van der Waals surface area (Å²) in [4.78, 5) is 22.3. The van der Waals surface area contributed by atoms with Crippen molar-refractivity contribution in [2.45, 2.75) is 37.6 Å². The summed E-state index contributed by atoms with van der Waals surface area (Å²) in [6.45, 7) is 0.366. The number of hydrazine groups is 1. The number of aliphatic hydroxyl groups is 1. The largest absolute Gasteiger partial charge is 0.494 e. The average molecular weight is 706 g/mol. The number of azide groups is 1. The number of aliphatic imine (C=N–C) groups is 1. The number of carbonyl (C=O) groups is 1. The van der Waals surface area contributed by atoms with E-state index < -0.39 is 29.2 Å². The van der Waals surface area contributed by atoms with Crippen LogP contribution in [0.3, 0.4) is 0 Å². The lowest BCUT2D eigenvalue weighted by molar-refractivity contribution is -0.130. The zero-order valence-electron chi connectivity index (χ0n) is 25.1. The van der Waals surface area contributed by atoms with Crippen LogP contribution < -0.4 is 15.6 Å². The molecule has 0 spiro atoms.